The molecule has 1 N–H and O–H groups in total. The highest BCUT2D eigenvalue weighted by atomic mass is 16.2. The Hall–Kier alpha value is -2.89. The smallest absolute Gasteiger partial charge is 0.335 e. The fraction of sp³-hybridized carbons (Fsp3) is 0.381. The van der Waals surface area contributed by atoms with Crippen molar-refractivity contribution in [3.63, 3.8) is 0 Å². The lowest BCUT2D eigenvalue weighted by Gasteiger charge is -2.22. The average Bonchev–Trinajstić information content (AvgIpc) is 2.95. The van der Waals surface area contributed by atoms with Crippen molar-refractivity contribution in [2.75, 3.05) is 0 Å². The summed E-state index contributed by atoms with van der Waals surface area (Å²) in [6, 6.07) is 11.6. The second kappa shape index (κ2) is 7.39. The molecule has 0 aliphatic heterocycles. The molecule has 2 aromatic heterocycles. The van der Waals surface area contributed by atoms with E-state index in [0.29, 0.717) is 11.2 Å². The van der Waals surface area contributed by atoms with Crippen LogP contribution < -0.4 is 11.0 Å². The van der Waals surface area contributed by atoms with Crippen LogP contribution in [0.4, 0.5) is 0 Å². The van der Waals surface area contributed by atoms with E-state index in [2.05, 4.69) is 10.3 Å². The zero-order valence-electron chi connectivity index (χ0n) is 15.5. The molecule has 0 saturated heterocycles. The molecule has 0 unspecified atom stereocenters. The van der Waals surface area contributed by atoms with E-state index in [1.165, 1.54) is 11.0 Å². The third-order valence-electron chi connectivity index (χ3n) is 5.26. The van der Waals surface area contributed by atoms with Crippen LogP contribution in [0.5, 0.6) is 0 Å². The molecule has 4 rings (SSSR count). The molecule has 3 aromatic rings. The molecule has 6 nitrogen and oxygen atoms in total. The van der Waals surface area contributed by atoms with Gasteiger partial charge in [0.15, 0.2) is 5.65 Å². The predicted octanol–water partition coefficient (Wildman–Crippen LogP) is 2.94. The maximum Gasteiger partial charge on any atom is 0.335 e. The van der Waals surface area contributed by atoms with Crippen molar-refractivity contribution in [1.82, 2.24) is 19.4 Å². The van der Waals surface area contributed by atoms with Crippen molar-refractivity contribution in [3.8, 4) is 5.69 Å². The largest absolute Gasteiger partial charge is 0.352 e. The number of benzene rings is 1. The van der Waals surface area contributed by atoms with Crippen LogP contribution in [-0.4, -0.2) is 26.1 Å². The van der Waals surface area contributed by atoms with Crippen LogP contribution >= 0.6 is 0 Å². The van der Waals surface area contributed by atoms with Crippen LogP contribution in [-0.2, 0) is 11.3 Å². The predicted molar refractivity (Wildman–Crippen MR) is 105 cm³/mol. The summed E-state index contributed by atoms with van der Waals surface area (Å²) < 4.78 is 3.09. The topological polar surface area (TPSA) is 68.9 Å². The van der Waals surface area contributed by atoms with Gasteiger partial charge < -0.3 is 5.32 Å². The van der Waals surface area contributed by atoms with Gasteiger partial charge in [0.1, 0.15) is 6.54 Å². The lowest BCUT2D eigenvalue weighted by Crippen LogP contribution is -2.39. The Morgan fingerprint density at radius 1 is 1.15 bits per heavy atom. The number of fused-ring (bicyclic) bond motifs is 1. The maximum absolute atomic E-state index is 13.1. The van der Waals surface area contributed by atoms with Gasteiger partial charge in [-0.25, -0.2) is 14.3 Å². The SMILES string of the molecule is Cc1ccc(-n2c(=O)n(CC(=O)NC3CCCCC3)c3cccnc32)cc1. The van der Waals surface area contributed by atoms with Gasteiger partial charge in [-0.1, -0.05) is 37.0 Å². The first kappa shape index (κ1) is 17.5. The van der Waals surface area contributed by atoms with Gasteiger partial charge in [0.2, 0.25) is 5.91 Å². The Bertz CT molecular complexity index is 1010. The summed E-state index contributed by atoms with van der Waals surface area (Å²) in [5, 5.41) is 3.09. The number of hydrogen-bond donors (Lipinski definition) is 1. The third-order valence-corrected chi connectivity index (χ3v) is 5.26. The molecule has 1 aliphatic rings. The van der Waals surface area contributed by atoms with E-state index in [0.717, 1.165) is 36.9 Å². The molecular formula is C21H24N4O2. The van der Waals surface area contributed by atoms with Crippen LogP contribution in [0, 0.1) is 6.92 Å². The van der Waals surface area contributed by atoms with Gasteiger partial charge in [0.05, 0.1) is 11.2 Å². The molecule has 27 heavy (non-hydrogen) atoms. The molecular weight excluding hydrogens is 340 g/mol. The summed E-state index contributed by atoms with van der Waals surface area (Å²) >= 11 is 0. The second-order valence-electron chi connectivity index (χ2n) is 7.29. The molecule has 1 aliphatic carbocycles. The first-order chi connectivity index (χ1) is 13.1. The van der Waals surface area contributed by atoms with Crippen molar-refractivity contribution in [1.29, 1.82) is 0 Å². The van der Waals surface area contributed by atoms with Crippen LogP contribution in [0.1, 0.15) is 37.7 Å². The summed E-state index contributed by atoms with van der Waals surface area (Å²) in [5.41, 5.74) is 2.86. The van der Waals surface area contributed by atoms with Crippen LogP contribution in [0.25, 0.3) is 16.9 Å². The first-order valence-corrected chi connectivity index (χ1v) is 9.56. The Labute approximate surface area is 157 Å². The van der Waals surface area contributed by atoms with Crippen LogP contribution in [0.15, 0.2) is 47.4 Å². The molecule has 1 amide bonds. The zero-order chi connectivity index (χ0) is 18.8. The minimum absolute atomic E-state index is 0.0103. The number of carbonyl (C=O) groups is 1. The lowest BCUT2D eigenvalue weighted by atomic mass is 9.95. The summed E-state index contributed by atoms with van der Waals surface area (Å²) in [6.45, 7) is 2.01. The normalized spacial score (nSPS) is 15.1. The van der Waals surface area contributed by atoms with E-state index in [-0.39, 0.29) is 24.2 Å². The summed E-state index contributed by atoms with van der Waals surface area (Å²) in [7, 11) is 0. The van der Waals surface area contributed by atoms with Gasteiger partial charge in [0, 0.05) is 12.2 Å². The number of aryl methyl sites for hydroxylation is 1. The minimum atomic E-state index is -0.244. The molecule has 6 heteroatoms. The van der Waals surface area contributed by atoms with E-state index in [4.69, 9.17) is 0 Å². The number of rotatable bonds is 4. The van der Waals surface area contributed by atoms with E-state index in [1.807, 2.05) is 37.3 Å². The zero-order valence-corrected chi connectivity index (χ0v) is 15.5. The molecule has 1 saturated carbocycles. The number of nitrogens with zero attached hydrogens (tertiary/aromatic N) is 3. The van der Waals surface area contributed by atoms with E-state index >= 15 is 0 Å². The summed E-state index contributed by atoms with van der Waals surface area (Å²) in [6.07, 6.45) is 7.25. The van der Waals surface area contributed by atoms with Crippen LogP contribution in [0.2, 0.25) is 0 Å². The molecule has 0 radical (unpaired) electrons. The summed E-state index contributed by atoms with van der Waals surface area (Å²) in [5.74, 6) is -0.115. The molecule has 0 bridgehead atoms. The number of amides is 1. The van der Waals surface area contributed by atoms with E-state index < -0.39 is 0 Å². The van der Waals surface area contributed by atoms with Crippen molar-refractivity contribution >= 4 is 17.1 Å². The van der Waals surface area contributed by atoms with Gasteiger partial charge in [-0.2, -0.15) is 0 Å². The first-order valence-electron chi connectivity index (χ1n) is 9.56. The van der Waals surface area contributed by atoms with Gasteiger partial charge in [-0.05, 0) is 44.0 Å². The molecule has 140 valence electrons. The lowest BCUT2D eigenvalue weighted by molar-refractivity contribution is -0.122. The number of imidazole rings is 1. The highest BCUT2D eigenvalue weighted by molar-refractivity contribution is 5.80. The van der Waals surface area contributed by atoms with Gasteiger partial charge in [-0.15, -0.1) is 0 Å². The van der Waals surface area contributed by atoms with E-state index in [1.54, 1.807) is 16.8 Å². The average molecular weight is 364 g/mol. The molecule has 2 heterocycles. The second-order valence-corrected chi connectivity index (χ2v) is 7.29. The highest BCUT2D eigenvalue weighted by Crippen LogP contribution is 2.18. The van der Waals surface area contributed by atoms with Crippen molar-refractivity contribution in [3.05, 3.63) is 58.6 Å². The van der Waals surface area contributed by atoms with E-state index in [9.17, 15) is 9.59 Å². The highest BCUT2D eigenvalue weighted by Gasteiger charge is 2.20. The van der Waals surface area contributed by atoms with Gasteiger partial charge >= 0.3 is 5.69 Å². The van der Waals surface area contributed by atoms with Crippen molar-refractivity contribution in [2.45, 2.75) is 51.6 Å². The monoisotopic (exact) mass is 364 g/mol. The van der Waals surface area contributed by atoms with Gasteiger partial charge in [0.25, 0.3) is 0 Å². The number of nitrogens with one attached hydrogen (secondary N) is 1. The molecule has 1 aromatic carbocycles. The standard InChI is InChI=1S/C21H24N4O2/c1-15-9-11-17(12-10-15)25-20-18(8-5-13-22-20)24(21(25)27)14-19(26)23-16-6-3-2-4-7-16/h5,8-13,16H,2-4,6-7,14H2,1H3,(H,23,26). The molecule has 1 fully saturated rings. The Balaban J connectivity index is 1.68. The fourth-order valence-corrected chi connectivity index (χ4v) is 3.83. The molecule has 0 atom stereocenters. The molecule has 0 spiro atoms. The summed E-state index contributed by atoms with van der Waals surface area (Å²) in [4.78, 5) is 30.1. The Morgan fingerprint density at radius 3 is 2.63 bits per heavy atom. The van der Waals surface area contributed by atoms with Crippen LogP contribution in [0.3, 0.4) is 0 Å². The minimum Gasteiger partial charge on any atom is -0.352 e. The number of pyridine rings is 1. The number of aromatic nitrogens is 3. The fourth-order valence-electron chi connectivity index (χ4n) is 3.83. The van der Waals surface area contributed by atoms with Gasteiger partial charge in [-0.3, -0.25) is 9.36 Å². The van der Waals surface area contributed by atoms with Crippen molar-refractivity contribution in [2.24, 2.45) is 0 Å². The Morgan fingerprint density at radius 2 is 1.89 bits per heavy atom. The number of hydrogen-bond acceptors (Lipinski definition) is 3. The third kappa shape index (κ3) is 3.52. The quantitative estimate of drug-likeness (QED) is 0.774. The maximum atomic E-state index is 13.1. The van der Waals surface area contributed by atoms with Crippen molar-refractivity contribution < 1.29 is 4.79 Å². The number of carbonyl (C=O) groups excluding carboxylic acids is 1. The Kier molecular flexibility index (Phi) is 4.79.